The molecule has 2 rings (SSSR count). The van der Waals surface area contributed by atoms with Crippen LogP contribution < -0.4 is 5.32 Å². The fraction of sp³-hybridized carbons (Fsp3) is 0.688. The summed E-state index contributed by atoms with van der Waals surface area (Å²) in [5.41, 5.74) is 0. The van der Waals surface area contributed by atoms with Crippen molar-refractivity contribution in [3.05, 3.63) is 21.3 Å². The van der Waals surface area contributed by atoms with Crippen molar-refractivity contribution >= 4 is 41.3 Å². The van der Waals surface area contributed by atoms with E-state index in [2.05, 4.69) is 12.2 Å². The predicted octanol–water partition coefficient (Wildman–Crippen LogP) is 4.20. The summed E-state index contributed by atoms with van der Waals surface area (Å²) in [5, 5.41) is 3.44. The van der Waals surface area contributed by atoms with Gasteiger partial charge in [-0.15, -0.1) is 23.7 Å². The first kappa shape index (κ1) is 19.8. The molecule has 2 atom stereocenters. The lowest BCUT2D eigenvalue weighted by molar-refractivity contribution is -0.132. The van der Waals surface area contributed by atoms with E-state index in [9.17, 15) is 4.79 Å². The van der Waals surface area contributed by atoms with Crippen LogP contribution in [0.2, 0.25) is 4.34 Å². The molecule has 1 aliphatic heterocycles. The molecule has 1 aromatic heterocycles. The van der Waals surface area contributed by atoms with Crippen LogP contribution in [0, 0.1) is 11.8 Å². The lowest BCUT2D eigenvalue weighted by Crippen LogP contribution is -2.37. The Morgan fingerprint density at radius 2 is 2.32 bits per heavy atom. The summed E-state index contributed by atoms with van der Waals surface area (Å²) < 4.78 is 0.787. The second kappa shape index (κ2) is 9.76. The maximum absolute atomic E-state index is 12.5. The molecule has 0 spiro atoms. The van der Waals surface area contributed by atoms with Crippen LogP contribution in [0.3, 0.4) is 0 Å². The van der Waals surface area contributed by atoms with Crippen LogP contribution in [0.1, 0.15) is 38.0 Å². The SMILES string of the molecule is CCN(Cc1ccc(Cl)s1)C(=O)CC(C)C1CCCNC1.Cl. The molecule has 0 bridgehead atoms. The molecule has 1 fully saturated rings. The van der Waals surface area contributed by atoms with E-state index in [4.69, 9.17) is 11.6 Å². The molecule has 0 saturated carbocycles. The molecule has 1 N–H and O–H groups in total. The zero-order valence-electron chi connectivity index (χ0n) is 13.3. The van der Waals surface area contributed by atoms with E-state index in [1.54, 1.807) is 11.3 Å². The molecule has 1 aliphatic rings. The summed E-state index contributed by atoms with van der Waals surface area (Å²) in [5.74, 6) is 1.35. The largest absolute Gasteiger partial charge is 0.338 e. The van der Waals surface area contributed by atoms with Crippen molar-refractivity contribution in [3.63, 3.8) is 0 Å². The van der Waals surface area contributed by atoms with Gasteiger partial charge in [-0.1, -0.05) is 18.5 Å². The molecule has 126 valence electrons. The minimum atomic E-state index is 0. The van der Waals surface area contributed by atoms with E-state index in [-0.39, 0.29) is 18.3 Å². The Morgan fingerprint density at radius 3 is 2.86 bits per heavy atom. The molecule has 6 heteroatoms. The van der Waals surface area contributed by atoms with Gasteiger partial charge in [0.05, 0.1) is 10.9 Å². The normalized spacial score (nSPS) is 19.3. The maximum atomic E-state index is 12.5. The van der Waals surface area contributed by atoms with Crippen molar-refractivity contribution in [2.75, 3.05) is 19.6 Å². The van der Waals surface area contributed by atoms with Crippen molar-refractivity contribution in [3.8, 4) is 0 Å². The number of hydrogen-bond donors (Lipinski definition) is 1. The van der Waals surface area contributed by atoms with Gasteiger partial charge in [0, 0.05) is 17.8 Å². The Kier molecular flexibility index (Phi) is 8.77. The average molecular weight is 365 g/mol. The highest BCUT2D eigenvalue weighted by molar-refractivity contribution is 7.16. The Morgan fingerprint density at radius 1 is 1.55 bits per heavy atom. The number of rotatable bonds is 6. The summed E-state index contributed by atoms with van der Waals surface area (Å²) in [6.07, 6.45) is 3.13. The lowest BCUT2D eigenvalue weighted by atomic mass is 9.85. The van der Waals surface area contributed by atoms with Crippen molar-refractivity contribution < 1.29 is 4.79 Å². The number of thiophene rings is 1. The minimum Gasteiger partial charge on any atom is -0.338 e. The van der Waals surface area contributed by atoms with Crippen LogP contribution in [0.25, 0.3) is 0 Å². The first-order valence-corrected chi connectivity index (χ1v) is 9.02. The highest BCUT2D eigenvalue weighted by Crippen LogP contribution is 2.25. The number of carbonyl (C=O) groups excluding carboxylic acids is 1. The second-order valence-electron chi connectivity index (χ2n) is 5.90. The van der Waals surface area contributed by atoms with Gasteiger partial charge in [-0.25, -0.2) is 0 Å². The van der Waals surface area contributed by atoms with E-state index in [0.29, 0.717) is 24.8 Å². The molecule has 1 amide bonds. The summed E-state index contributed by atoms with van der Waals surface area (Å²) in [7, 11) is 0. The summed E-state index contributed by atoms with van der Waals surface area (Å²) >= 11 is 7.52. The van der Waals surface area contributed by atoms with E-state index in [0.717, 1.165) is 28.8 Å². The number of carbonyl (C=O) groups is 1. The third-order valence-corrected chi connectivity index (χ3v) is 5.56. The van der Waals surface area contributed by atoms with Crippen LogP contribution in [0.4, 0.5) is 0 Å². The molecular formula is C16H26Cl2N2OS. The molecule has 0 aliphatic carbocycles. The van der Waals surface area contributed by atoms with Gasteiger partial charge in [-0.2, -0.15) is 0 Å². The molecule has 0 aromatic carbocycles. The number of hydrogen-bond acceptors (Lipinski definition) is 3. The predicted molar refractivity (Wildman–Crippen MR) is 97.0 cm³/mol. The zero-order valence-corrected chi connectivity index (χ0v) is 15.7. The molecule has 1 aromatic rings. The van der Waals surface area contributed by atoms with Crippen LogP contribution in [-0.4, -0.2) is 30.4 Å². The van der Waals surface area contributed by atoms with Gasteiger partial charge in [0.15, 0.2) is 0 Å². The number of amides is 1. The van der Waals surface area contributed by atoms with E-state index < -0.39 is 0 Å². The lowest BCUT2D eigenvalue weighted by Gasteiger charge is -2.29. The number of nitrogens with zero attached hydrogens (tertiary/aromatic N) is 1. The van der Waals surface area contributed by atoms with E-state index >= 15 is 0 Å². The molecule has 1 saturated heterocycles. The minimum absolute atomic E-state index is 0. The van der Waals surface area contributed by atoms with Gasteiger partial charge in [-0.05, 0) is 56.8 Å². The Labute approximate surface area is 148 Å². The molecule has 22 heavy (non-hydrogen) atoms. The quantitative estimate of drug-likeness (QED) is 0.820. The number of piperidine rings is 1. The van der Waals surface area contributed by atoms with E-state index in [1.807, 2.05) is 24.0 Å². The summed E-state index contributed by atoms with van der Waals surface area (Å²) in [4.78, 5) is 15.6. The first-order valence-electron chi connectivity index (χ1n) is 7.82. The number of nitrogens with one attached hydrogen (secondary N) is 1. The van der Waals surface area contributed by atoms with Crippen LogP contribution in [0.5, 0.6) is 0 Å². The van der Waals surface area contributed by atoms with Crippen LogP contribution in [-0.2, 0) is 11.3 Å². The average Bonchev–Trinajstić information content (AvgIpc) is 2.90. The zero-order chi connectivity index (χ0) is 15.2. The molecule has 0 radical (unpaired) electrons. The van der Waals surface area contributed by atoms with Crippen LogP contribution >= 0.6 is 35.3 Å². The standard InChI is InChI=1S/C16H25ClN2OS.ClH/c1-3-19(11-14-6-7-15(17)21-14)16(20)9-12(2)13-5-4-8-18-10-13;/h6-7,12-13,18H,3-5,8-11H2,1-2H3;1H. The monoisotopic (exact) mass is 364 g/mol. The summed E-state index contributed by atoms with van der Waals surface area (Å²) in [6, 6.07) is 3.91. The fourth-order valence-corrected chi connectivity index (χ4v) is 4.04. The highest BCUT2D eigenvalue weighted by Gasteiger charge is 2.24. The molecule has 2 heterocycles. The van der Waals surface area contributed by atoms with Crippen molar-refractivity contribution in [2.45, 2.75) is 39.7 Å². The van der Waals surface area contributed by atoms with Gasteiger partial charge in [-0.3, -0.25) is 4.79 Å². The van der Waals surface area contributed by atoms with Gasteiger partial charge < -0.3 is 10.2 Å². The third kappa shape index (κ3) is 5.73. The van der Waals surface area contributed by atoms with Gasteiger partial charge in [0.25, 0.3) is 0 Å². The Bertz CT molecular complexity index is 461. The maximum Gasteiger partial charge on any atom is 0.223 e. The van der Waals surface area contributed by atoms with Crippen molar-refractivity contribution in [1.82, 2.24) is 10.2 Å². The molecule has 3 nitrogen and oxygen atoms in total. The smallest absolute Gasteiger partial charge is 0.223 e. The van der Waals surface area contributed by atoms with Crippen LogP contribution in [0.15, 0.2) is 12.1 Å². The van der Waals surface area contributed by atoms with Gasteiger partial charge in [0.2, 0.25) is 5.91 Å². The molecule has 2 unspecified atom stereocenters. The highest BCUT2D eigenvalue weighted by atomic mass is 35.5. The Hall–Kier alpha value is -0.290. The van der Waals surface area contributed by atoms with Gasteiger partial charge >= 0.3 is 0 Å². The van der Waals surface area contributed by atoms with Crippen molar-refractivity contribution in [2.24, 2.45) is 11.8 Å². The third-order valence-electron chi connectivity index (χ3n) is 4.35. The van der Waals surface area contributed by atoms with Gasteiger partial charge in [0.1, 0.15) is 0 Å². The molecular weight excluding hydrogens is 339 g/mol. The topological polar surface area (TPSA) is 32.3 Å². The van der Waals surface area contributed by atoms with Crippen molar-refractivity contribution in [1.29, 1.82) is 0 Å². The fourth-order valence-electron chi connectivity index (χ4n) is 2.94. The summed E-state index contributed by atoms with van der Waals surface area (Å²) in [6.45, 7) is 7.87. The first-order chi connectivity index (χ1) is 10.1. The Balaban J connectivity index is 0.00000242. The van der Waals surface area contributed by atoms with E-state index in [1.165, 1.54) is 12.8 Å². The number of halogens is 2. The second-order valence-corrected chi connectivity index (χ2v) is 7.70.